The van der Waals surface area contributed by atoms with Crippen LogP contribution in [0, 0.1) is 11.8 Å². The van der Waals surface area contributed by atoms with Gasteiger partial charge in [-0.15, -0.1) is 0 Å². The molecule has 0 bridgehead atoms. The fourth-order valence-corrected chi connectivity index (χ4v) is 16.0. The van der Waals surface area contributed by atoms with Gasteiger partial charge in [-0.2, -0.15) is 17.0 Å². The summed E-state index contributed by atoms with van der Waals surface area (Å²) in [6, 6.07) is 13.9. The van der Waals surface area contributed by atoms with Crippen LogP contribution in [0.1, 0.15) is 105 Å². The van der Waals surface area contributed by atoms with Gasteiger partial charge in [-0.1, -0.05) is 36.1 Å². The van der Waals surface area contributed by atoms with Gasteiger partial charge in [0.25, 0.3) is 16.0 Å². The lowest BCUT2D eigenvalue weighted by molar-refractivity contribution is -0.121. The molecular weight excluding hydrogens is 1270 g/mol. The number of amides is 2. The first-order valence-electron chi connectivity index (χ1n) is 27.5. The number of nitrogens with two attached hydrogens (primary N) is 1. The summed E-state index contributed by atoms with van der Waals surface area (Å²) in [5.41, 5.74) is 8.94. The van der Waals surface area contributed by atoms with Crippen LogP contribution >= 0.6 is 23.5 Å². The highest BCUT2D eigenvalue weighted by molar-refractivity contribution is 7.86. The Morgan fingerprint density at radius 3 is 2.31 bits per heavy atom. The number of nitrogens with zero attached hydrogens (tertiary/aromatic N) is 6. The van der Waals surface area contributed by atoms with E-state index in [1.165, 1.54) is 15.7 Å². The summed E-state index contributed by atoms with van der Waals surface area (Å²) in [6.07, 6.45) is 2.42. The van der Waals surface area contributed by atoms with Crippen LogP contribution in [0.25, 0.3) is 27.8 Å². The number of rotatable bonds is 21. The van der Waals surface area contributed by atoms with E-state index in [0.717, 1.165) is 6.33 Å². The monoisotopic (exact) mass is 1330 g/mol. The lowest BCUT2D eigenvalue weighted by atomic mass is 9.83. The molecule has 1 saturated heterocycles. The molecule has 4 aliphatic heterocycles. The summed E-state index contributed by atoms with van der Waals surface area (Å²) in [5, 5.41) is 14.8. The van der Waals surface area contributed by atoms with Crippen LogP contribution in [0.2, 0.25) is 0 Å². The van der Waals surface area contributed by atoms with Crippen molar-refractivity contribution in [2.24, 2.45) is 0 Å². The van der Waals surface area contributed by atoms with E-state index in [9.17, 15) is 64.1 Å². The number of aromatic nitrogens is 3. The number of hydrogen-bond donors (Lipinski definition) is 8. The van der Waals surface area contributed by atoms with E-state index in [-0.39, 0.29) is 65.9 Å². The van der Waals surface area contributed by atoms with E-state index in [1.807, 2.05) is 47.6 Å². The van der Waals surface area contributed by atoms with Crippen LogP contribution in [-0.4, -0.2) is 156 Å². The normalized spacial score (nSPS) is 19.9. The number of ether oxygens (including phenoxy) is 2. The number of aliphatic hydroxyl groups excluding tert-OH is 1. The van der Waals surface area contributed by atoms with Crippen molar-refractivity contribution in [2.75, 3.05) is 62.0 Å². The molecule has 2 aromatic heterocycles. The standard InChI is InChI=1S/C55H65N8O21P3S2/c1-8-62-41-22-44-39(20-37(41)33(25-54(62,3)4)29-88(74,75)76)50(40-21-38-34(30-89(77,78)79)26-55(5,6)63(9-2)42(38)23-45(40)81-44)35-15-10-11-16-36(35)53(66)60(7)19-13-17-47(65)57-18-12-14-32-27-61(52-49(32)51(56)58-31-59-52)48-24-43(64)46(82-48)28-80-86(70,71)84-87(72,73)83-85(67,68)69/h10-11,15-16,20-23,25-27,31,43,46,48,64H,8-9,13,17-19,24,28-30H2,1-7H3,(H8-,56,57,58,59,65,67,68,69,70,71,72,73,74,75,76,77,78,79)/t43-,46+,48+/m0/s1. The Morgan fingerprint density at radius 1 is 0.933 bits per heavy atom. The Bertz CT molecular complexity index is 4400. The molecule has 29 nitrogen and oxygen atoms in total. The van der Waals surface area contributed by atoms with Gasteiger partial charge in [0.05, 0.1) is 63.2 Å². The minimum Gasteiger partial charge on any atom is -0.748 e. The number of nitrogens with one attached hydrogen (secondary N) is 1. The molecule has 9 N–H and O–H groups in total. The Balaban J connectivity index is 0.950. The minimum atomic E-state index is -5.80. The van der Waals surface area contributed by atoms with Crippen molar-refractivity contribution < 1.29 is 96.5 Å². The molecular formula is C55H65N8O21P3S2. The third-order valence-electron chi connectivity index (χ3n) is 15.2. The third-order valence-corrected chi connectivity index (χ3v) is 20.4. The van der Waals surface area contributed by atoms with Gasteiger partial charge in [0.15, 0.2) is 5.54 Å². The van der Waals surface area contributed by atoms with Gasteiger partial charge in [-0.3, -0.25) is 18.7 Å². The Labute approximate surface area is 511 Å². The molecule has 1 fully saturated rings. The largest absolute Gasteiger partial charge is 0.748 e. The van der Waals surface area contributed by atoms with E-state index >= 15 is 0 Å². The van der Waals surface area contributed by atoms with Gasteiger partial charge in [-0.05, 0) is 75.1 Å². The number of benzene rings is 3. The maximum absolute atomic E-state index is 14.8. The van der Waals surface area contributed by atoms with Crippen LogP contribution in [-0.2, 0) is 56.6 Å². The van der Waals surface area contributed by atoms with Crippen molar-refractivity contribution in [2.45, 2.75) is 90.3 Å². The number of fused-ring (bicyclic) bond motifs is 5. The second kappa shape index (κ2) is 24.9. The topological polar surface area (TPSA) is 422 Å². The SMILES string of the molecule is CCN1c2cc3c(cc2C(CS(=O)(=O)[O-])=CC1(C)C)C(c1ccccc1C(=O)N(C)CCCC(=O)NCC#Cc1cn([C@H]2C[C@H](O)[C@@H](COP(=O)(O)OP(=O)(O)OP(=O)(O)O)O2)c2ncnc(N)c12)=c1cc2c(cc1O3)=[N+](CC)C(C)(C)C=C2CS(=O)(=O)O. The third kappa shape index (κ3) is 15.0. The summed E-state index contributed by atoms with van der Waals surface area (Å²) < 4.78 is 136. The number of nitrogen functional groups attached to an aromatic ring is 1. The maximum atomic E-state index is 14.8. The van der Waals surface area contributed by atoms with E-state index in [0.29, 0.717) is 74.3 Å². The summed E-state index contributed by atoms with van der Waals surface area (Å²) in [6.45, 7) is 11.6. The van der Waals surface area contributed by atoms with Gasteiger partial charge in [0, 0.05) is 92.3 Å². The highest BCUT2D eigenvalue weighted by Crippen LogP contribution is 2.66. The molecule has 6 heterocycles. The number of likely N-dealkylation sites (N-methyl/N-ethyl adjacent to an activating group) is 2. The molecule has 4 aliphatic rings. The van der Waals surface area contributed by atoms with Gasteiger partial charge in [0.2, 0.25) is 11.3 Å². The van der Waals surface area contributed by atoms with Gasteiger partial charge < -0.3 is 64.1 Å². The molecule has 0 aliphatic carbocycles. The zero-order valence-electron chi connectivity index (χ0n) is 49.0. The molecule has 9 rings (SSSR count). The van der Waals surface area contributed by atoms with Gasteiger partial charge >= 0.3 is 23.5 Å². The second-order valence-electron chi connectivity index (χ2n) is 22.5. The van der Waals surface area contributed by atoms with E-state index in [1.54, 1.807) is 61.7 Å². The molecule has 478 valence electrons. The predicted octanol–water partition coefficient (Wildman–Crippen LogP) is 3.50. The van der Waals surface area contributed by atoms with Crippen molar-refractivity contribution in [1.29, 1.82) is 0 Å². The van der Waals surface area contributed by atoms with Crippen LogP contribution in [0.5, 0.6) is 11.5 Å². The molecule has 5 atom stereocenters. The summed E-state index contributed by atoms with van der Waals surface area (Å²) >= 11 is 0. The van der Waals surface area contributed by atoms with Crippen LogP contribution in [0.3, 0.4) is 0 Å². The average molecular weight is 1330 g/mol. The molecule has 89 heavy (non-hydrogen) atoms. The first kappa shape index (κ1) is 66.9. The molecule has 34 heteroatoms. The molecule has 0 saturated carbocycles. The van der Waals surface area contributed by atoms with Crippen LogP contribution in [0.15, 0.2) is 73.2 Å². The number of phosphoric ester groups is 1. The number of aliphatic hydroxyl groups is 1. The zero-order valence-corrected chi connectivity index (χ0v) is 53.3. The lowest BCUT2D eigenvalue weighted by Crippen LogP contribution is -2.50. The van der Waals surface area contributed by atoms with Crippen molar-refractivity contribution in [3.8, 4) is 23.3 Å². The molecule has 2 unspecified atom stereocenters. The van der Waals surface area contributed by atoms with Gasteiger partial charge in [-0.25, -0.2) is 36.7 Å². The quantitative estimate of drug-likeness (QED) is 0.0221. The first-order chi connectivity index (χ1) is 41.4. The van der Waals surface area contributed by atoms with Crippen molar-refractivity contribution in [3.05, 3.63) is 117 Å². The summed E-state index contributed by atoms with van der Waals surface area (Å²) in [4.78, 5) is 76.9. The molecule has 5 aromatic rings. The van der Waals surface area contributed by atoms with E-state index in [2.05, 4.69) is 49.7 Å². The van der Waals surface area contributed by atoms with Crippen LogP contribution < -0.4 is 35.8 Å². The van der Waals surface area contributed by atoms with E-state index < -0.39 is 103 Å². The predicted molar refractivity (Wildman–Crippen MR) is 323 cm³/mol. The molecule has 0 radical (unpaired) electrons. The smallest absolute Gasteiger partial charge is 0.490 e. The maximum Gasteiger partial charge on any atom is 0.490 e. The Hall–Kier alpha value is -6.52. The van der Waals surface area contributed by atoms with Crippen LogP contribution in [0.4, 0.5) is 11.5 Å². The highest BCUT2D eigenvalue weighted by Gasteiger charge is 2.44. The number of carbonyl (C=O) groups excluding carboxylic acids is 2. The summed E-state index contributed by atoms with van der Waals surface area (Å²) in [7, 11) is -24.7. The molecule has 0 spiro atoms. The summed E-state index contributed by atoms with van der Waals surface area (Å²) in [5.74, 6) is 4.13. The lowest BCUT2D eigenvalue weighted by Gasteiger charge is -2.44. The Morgan fingerprint density at radius 2 is 1.64 bits per heavy atom. The zero-order chi connectivity index (χ0) is 65.1. The number of hydrogen-bond acceptors (Lipinski definition) is 20. The highest BCUT2D eigenvalue weighted by atomic mass is 32.2. The first-order valence-corrected chi connectivity index (χ1v) is 35.2. The van der Waals surface area contributed by atoms with Crippen molar-refractivity contribution >= 4 is 94.8 Å². The molecule has 3 aromatic carbocycles. The Kier molecular flexibility index (Phi) is 18.7. The number of carbonyl (C=O) groups is 2. The minimum absolute atomic E-state index is 0.0111. The fraction of sp³-hybridized carbons (Fsp3) is 0.400. The second-order valence-corrected chi connectivity index (χ2v) is 29.7. The number of anilines is 2. The van der Waals surface area contributed by atoms with Crippen molar-refractivity contribution in [3.63, 3.8) is 0 Å². The molecule has 2 amide bonds. The number of phosphoric acid groups is 3. The van der Waals surface area contributed by atoms with Crippen molar-refractivity contribution in [1.82, 2.24) is 29.3 Å². The average Bonchev–Trinajstić information content (AvgIpc) is 1.28. The fourth-order valence-electron chi connectivity index (χ4n) is 11.8. The van der Waals surface area contributed by atoms with E-state index in [4.69, 9.17) is 25.0 Å². The van der Waals surface area contributed by atoms with Gasteiger partial charge in [0.1, 0.15) is 53.9 Å².